The molecular weight excluding hydrogens is 304 g/mol. The second-order valence-electron chi connectivity index (χ2n) is 6.51. The summed E-state index contributed by atoms with van der Waals surface area (Å²) < 4.78 is 10.8. The molecule has 2 aromatic rings. The molecule has 1 fully saturated rings. The van der Waals surface area contributed by atoms with Gasteiger partial charge in [-0.15, -0.1) is 0 Å². The molecule has 0 unspecified atom stereocenters. The lowest BCUT2D eigenvalue weighted by Gasteiger charge is -2.35. The van der Waals surface area contributed by atoms with Crippen LogP contribution in [-0.2, 0) is 11.3 Å². The second-order valence-corrected chi connectivity index (χ2v) is 6.51. The zero-order chi connectivity index (χ0) is 16.9. The van der Waals surface area contributed by atoms with Gasteiger partial charge < -0.3 is 9.15 Å². The molecule has 1 aliphatic rings. The summed E-state index contributed by atoms with van der Waals surface area (Å²) in [5.41, 5.74) is 2.14. The average Bonchev–Trinajstić information content (AvgIpc) is 3.11. The maximum Gasteiger partial charge on any atom is 0.199 e. The van der Waals surface area contributed by atoms with Gasteiger partial charge in [-0.2, -0.15) is 0 Å². The Kier molecular flexibility index (Phi) is 5.43. The number of carbonyl (C=O) groups is 1. The first-order valence-corrected chi connectivity index (χ1v) is 8.48. The Hall–Kier alpha value is -1.98. The van der Waals surface area contributed by atoms with Gasteiger partial charge >= 0.3 is 0 Å². The number of furan rings is 1. The third-order valence-electron chi connectivity index (χ3n) is 4.35. The van der Waals surface area contributed by atoms with Gasteiger partial charge in [0, 0.05) is 31.2 Å². The molecule has 5 heteroatoms. The molecule has 128 valence electrons. The minimum absolute atomic E-state index is 0.0180. The first kappa shape index (κ1) is 16.9. The van der Waals surface area contributed by atoms with E-state index in [4.69, 9.17) is 14.1 Å². The van der Waals surface area contributed by atoms with Crippen molar-refractivity contribution in [2.75, 3.05) is 19.8 Å². The molecule has 0 saturated carbocycles. The fourth-order valence-electron chi connectivity index (χ4n) is 2.95. The van der Waals surface area contributed by atoms with Gasteiger partial charge in [-0.25, -0.2) is 0 Å². The summed E-state index contributed by atoms with van der Waals surface area (Å²) in [6.45, 7) is 7.09. The number of hydrogen-bond donors (Lipinski definition) is 0. The van der Waals surface area contributed by atoms with Crippen molar-refractivity contribution in [1.29, 1.82) is 0 Å². The second kappa shape index (κ2) is 7.73. The van der Waals surface area contributed by atoms with Crippen LogP contribution in [0.4, 0.5) is 0 Å². The Bertz CT molecular complexity index is 667. The van der Waals surface area contributed by atoms with E-state index in [-0.39, 0.29) is 11.8 Å². The van der Waals surface area contributed by atoms with Crippen molar-refractivity contribution in [2.45, 2.75) is 38.8 Å². The summed E-state index contributed by atoms with van der Waals surface area (Å²) >= 11 is 0. The van der Waals surface area contributed by atoms with Crippen molar-refractivity contribution in [2.24, 2.45) is 0 Å². The summed E-state index contributed by atoms with van der Waals surface area (Å²) in [4.78, 5) is 19.4. The van der Waals surface area contributed by atoms with E-state index in [0.717, 1.165) is 24.5 Å². The van der Waals surface area contributed by atoms with E-state index in [9.17, 15) is 4.79 Å². The standard InChI is InChI=1S/C19H24N2O3/c1-14(2)17-6-3-5-15(20-17)12-21-8-10-23-13-16(21)11-18(22)19-7-4-9-24-19/h3-7,9,14,16H,8,10-13H2,1-2H3/t16-/m1/s1. The Morgan fingerprint density at radius 2 is 2.21 bits per heavy atom. The first-order valence-electron chi connectivity index (χ1n) is 8.48. The number of rotatable bonds is 6. The van der Waals surface area contributed by atoms with Crippen molar-refractivity contribution < 1.29 is 13.9 Å². The van der Waals surface area contributed by atoms with Gasteiger partial charge in [0.2, 0.25) is 0 Å². The molecule has 2 aromatic heterocycles. The highest BCUT2D eigenvalue weighted by molar-refractivity contribution is 5.93. The van der Waals surface area contributed by atoms with Crippen LogP contribution in [0.15, 0.2) is 41.0 Å². The number of nitrogens with zero attached hydrogens (tertiary/aromatic N) is 2. The highest BCUT2D eigenvalue weighted by Crippen LogP contribution is 2.18. The number of carbonyl (C=O) groups excluding carboxylic acids is 1. The van der Waals surface area contributed by atoms with Crippen LogP contribution in [0, 0.1) is 0 Å². The third-order valence-corrected chi connectivity index (χ3v) is 4.35. The van der Waals surface area contributed by atoms with Gasteiger partial charge in [0.05, 0.1) is 25.2 Å². The molecule has 1 saturated heterocycles. The molecule has 1 atom stereocenters. The average molecular weight is 328 g/mol. The minimum Gasteiger partial charge on any atom is -0.461 e. The molecule has 0 N–H and O–H groups in total. The molecule has 5 nitrogen and oxygen atoms in total. The monoisotopic (exact) mass is 328 g/mol. The Labute approximate surface area is 142 Å². The van der Waals surface area contributed by atoms with Gasteiger partial charge in [0.15, 0.2) is 11.5 Å². The van der Waals surface area contributed by atoms with E-state index in [1.165, 1.54) is 6.26 Å². The van der Waals surface area contributed by atoms with E-state index in [2.05, 4.69) is 30.9 Å². The topological polar surface area (TPSA) is 55.6 Å². The van der Waals surface area contributed by atoms with Crippen LogP contribution in [0.1, 0.15) is 48.1 Å². The fraction of sp³-hybridized carbons (Fsp3) is 0.474. The molecule has 3 rings (SSSR count). The van der Waals surface area contributed by atoms with E-state index in [0.29, 0.717) is 31.3 Å². The smallest absolute Gasteiger partial charge is 0.199 e. The fourth-order valence-corrected chi connectivity index (χ4v) is 2.95. The number of aromatic nitrogens is 1. The number of ketones is 1. The summed E-state index contributed by atoms with van der Waals surface area (Å²) in [5.74, 6) is 0.843. The van der Waals surface area contributed by atoms with Crippen LogP contribution in [0.5, 0.6) is 0 Å². The molecule has 0 bridgehead atoms. The molecule has 1 aliphatic heterocycles. The lowest BCUT2D eigenvalue weighted by molar-refractivity contribution is -0.0133. The number of Topliss-reactive ketones (excluding diaryl/α,β-unsaturated/α-hetero) is 1. The maximum atomic E-state index is 12.3. The maximum absolute atomic E-state index is 12.3. The molecule has 0 aliphatic carbocycles. The first-order chi connectivity index (χ1) is 11.6. The van der Waals surface area contributed by atoms with E-state index >= 15 is 0 Å². The van der Waals surface area contributed by atoms with Crippen molar-refractivity contribution in [3.8, 4) is 0 Å². The zero-order valence-electron chi connectivity index (χ0n) is 14.3. The van der Waals surface area contributed by atoms with E-state index in [1.807, 2.05) is 6.07 Å². The van der Waals surface area contributed by atoms with Crippen LogP contribution >= 0.6 is 0 Å². The van der Waals surface area contributed by atoms with Crippen LogP contribution in [-0.4, -0.2) is 41.5 Å². The summed E-state index contributed by atoms with van der Waals surface area (Å²) in [5, 5.41) is 0. The lowest BCUT2D eigenvalue weighted by atomic mass is 10.1. The van der Waals surface area contributed by atoms with E-state index < -0.39 is 0 Å². The molecule has 24 heavy (non-hydrogen) atoms. The minimum atomic E-state index is 0.0180. The van der Waals surface area contributed by atoms with Crippen molar-refractivity contribution in [1.82, 2.24) is 9.88 Å². The quantitative estimate of drug-likeness (QED) is 0.762. The van der Waals surface area contributed by atoms with Gasteiger partial charge in [-0.1, -0.05) is 19.9 Å². The van der Waals surface area contributed by atoms with Crippen LogP contribution in [0.25, 0.3) is 0 Å². The molecule has 0 radical (unpaired) electrons. The highest BCUT2D eigenvalue weighted by Gasteiger charge is 2.27. The van der Waals surface area contributed by atoms with Gasteiger partial charge in [-0.05, 0) is 30.2 Å². The van der Waals surface area contributed by atoms with Crippen molar-refractivity contribution in [3.63, 3.8) is 0 Å². The summed E-state index contributed by atoms with van der Waals surface area (Å²) in [6, 6.07) is 9.67. The van der Waals surface area contributed by atoms with E-state index in [1.54, 1.807) is 12.1 Å². The van der Waals surface area contributed by atoms with Crippen molar-refractivity contribution >= 4 is 5.78 Å². The summed E-state index contributed by atoms with van der Waals surface area (Å²) in [7, 11) is 0. The predicted octanol–water partition coefficient (Wildman–Crippen LogP) is 3.27. The number of morpholine rings is 1. The van der Waals surface area contributed by atoms with Crippen LogP contribution in [0.2, 0.25) is 0 Å². The highest BCUT2D eigenvalue weighted by atomic mass is 16.5. The number of pyridine rings is 1. The van der Waals surface area contributed by atoms with Gasteiger partial charge in [-0.3, -0.25) is 14.7 Å². The summed E-state index contributed by atoms with van der Waals surface area (Å²) in [6.07, 6.45) is 1.93. The molecule has 0 spiro atoms. The van der Waals surface area contributed by atoms with Crippen LogP contribution in [0.3, 0.4) is 0 Å². The van der Waals surface area contributed by atoms with Gasteiger partial charge in [0.25, 0.3) is 0 Å². The molecule has 3 heterocycles. The largest absolute Gasteiger partial charge is 0.461 e. The predicted molar refractivity (Wildman–Crippen MR) is 91.0 cm³/mol. The van der Waals surface area contributed by atoms with Gasteiger partial charge in [0.1, 0.15) is 0 Å². The third kappa shape index (κ3) is 4.10. The lowest BCUT2D eigenvalue weighted by Crippen LogP contribution is -2.46. The van der Waals surface area contributed by atoms with Crippen LogP contribution < -0.4 is 0 Å². The Morgan fingerprint density at radius 1 is 1.33 bits per heavy atom. The Balaban J connectivity index is 1.68. The normalized spacial score (nSPS) is 18.9. The number of ether oxygens (including phenoxy) is 1. The zero-order valence-corrected chi connectivity index (χ0v) is 14.3. The molecular formula is C19H24N2O3. The number of hydrogen-bond acceptors (Lipinski definition) is 5. The SMILES string of the molecule is CC(C)c1cccc(CN2CCOC[C@H]2CC(=O)c2ccco2)n1. The van der Waals surface area contributed by atoms with Crippen molar-refractivity contribution in [3.05, 3.63) is 53.7 Å². The Morgan fingerprint density at radius 3 is 2.96 bits per heavy atom. The molecule has 0 amide bonds. The molecule has 0 aromatic carbocycles.